The van der Waals surface area contributed by atoms with E-state index in [1.54, 1.807) is 18.2 Å². The van der Waals surface area contributed by atoms with Crippen LogP contribution < -0.4 is 20.1 Å². The average Bonchev–Trinajstić information content (AvgIpc) is 3.25. The summed E-state index contributed by atoms with van der Waals surface area (Å²) in [5, 5.41) is 5.56. The van der Waals surface area contributed by atoms with Crippen LogP contribution >= 0.6 is 0 Å². The molecule has 2 N–H and O–H groups in total. The molecule has 2 aromatic carbocycles. The smallest absolute Gasteiger partial charge is 0.325 e. The van der Waals surface area contributed by atoms with Gasteiger partial charge in [-0.2, -0.15) is 0 Å². The second-order valence-corrected chi connectivity index (χ2v) is 8.02. The number of hydrogen-bond acceptors (Lipinski definition) is 5. The second kappa shape index (κ2) is 8.53. The summed E-state index contributed by atoms with van der Waals surface area (Å²) in [6, 6.07) is 12.1. The van der Waals surface area contributed by atoms with Gasteiger partial charge in [-0.05, 0) is 31.9 Å². The van der Waals surface area contributed by atoms with E-state index in [1.165, 1.54) is 0 Å². The number of imide groups is 1. The topological polar surface area (TPSA) is 97.0 Å². The summed E-state index contributed by atoms with van der Waals surface area (Å²) in [5.41, 5.74) is 0.976. The molecule has 2 aromatic rings. The van der Waals surface area contributed by atoms with Crippen LogP contribution in [0.1, 0.15) is 38.3 Å². The molecule has 0 radical (unpaired) electrons. The fraction of sp³-hybridized carbons (Fsp3) is 0.375. The zero-order chi connectivity index (χ0) is 22.9. The number of nitrogens with zero attached hydrogens (tertiary/aromatic N) is 1. The van der Waals surface area contributed by atoms with E-state index >= 15 is 0 Å². The average molecular weight is 437 g/mol. The lowest BCUT2D eigenvalue weighted by atomic mass is 9.87. The van der Waals surface area contributed by atoms with Gasteiger partial charge in [-0.25, -0.2) is 4.79 Å². The third-order valence-electron chi connectivity index (χ3n) is 5.85. The number of fused-ring (bicyclic) bond motifs is 1. The fourth-order valence-electron chi connectivity index (χ4n) is 4.28. The van der Waals surface area contributed by atoms with Gasteiger partial charge in [0, 0.05) is 18.1 Å². The van der Waals surface area contributed by atoms with Crippen molar-refractivity contribution in [1.82, 2.24) is 10.2 Å². The molecular formula is C24H27N3O5. The number of benzene rings is 2. The van der Waals surface area contributed by atoms with Crippen molar-refractivity contribution in [2.24, 2.45) is 0 Å². The molecule has 0 unspecified atom stereocenters. The summed E-state index contributed by atoms with van der Waals surface area (Å²) in [5.74, 6) is 0.282. The van der Waals surface area contributed by atoms with Gasteiger partial charge in [0.25, 0.3) is 5.91 Å². The lowest BCUT2D eigenvalue weighted by molar-refractivity contribution is -0.134. The van der Waals surface area contributed by atoms with E-state index in [0.717, 1.165) is 16.9 Å². The van der Waals surface area contributed by atoms with Crippen LogP contribution in [0.3, 0.4) is 0 Å². The molecule has 0 aliphatic carbocycles. The molecule has 168 valence electrons. The van der Waals surface area contributed by atoms with Gasteiger partial charge in [-0.1, -0.05) is 37.3 Å². The molecule has 2 heterocycles. The number of nitrogens with one attached hydrogen (secondary N) is 2. The van der Waals surface area contributed by atoms with Crippen LogP contribution in [-0.4, -0.2) is 42.0 Å². The van der Waals surface area contributed by atoms with Crippen LogP contribution in [-0.2, 0) is 21.5 Å². The second-order valence-electron chi connectivity index (χ2n) is 8.02. The van der Waals surface area contributed by atoms with Gasteiger partial charge >= 0.3 is 6.03 Å². The Hall–Kier alpha value is -3.55. The van der Waals surface area contributed by atoms with Crippen molar-refractivity contribution < 1.29 is 23.9 Å². The number of rotatable bonds is 7. The van der Waals surface area contributed by atoms with Crippen molar-refractivity contribution in [3.8, 4) is 11.5 Å². The summed E-state index contributed by atoms with van der Waals surface area (Å²) in [7, 11) is 0. The summed E-state index contributed by atoms with van der Waals surface area (Å²) in [6.45, 7) is 5.69. The predicted molar refractivity (Wildman–Crippen MR) is 119 cm³/mol. The van der Waals surface area contributed by atoms with Gasteiger partial charge in [-0.3, -0.25) is 14.5 Å². The maximum atomic E-state index is 13.2. The van der Waals surface area contributed by atoms with Crippen molar-refractivity contribution >= 4 is 23.5 Å². The number of urea groups is 1. The Bertz CT molecular complexity index is 1060. The van der Waals surface area contributed by atoms with Crippen molar-refractivity contribution in [2.75, 3.05) is 18.5 Å². The molecule has 0 aromatic heterocycles. The highest BCUT2D eigenvalue weighted by atomic mass is 16.5. The van der Waals surface area contributed by atoms with Crippen molar-refractivity contribution in [1.29, 1.82) is 0 Å². The van der Waals surface area contributed by atoms with Crippen LogP contribution in [0.25, 0.3) is 0 Å². The molecule has 0 spiro atoms. The number of carbonyl (C=O) groups excluding carboxylic acids is 3. The Balaban J connectivity index is 1.53. The van der Waals surface area contributed by atoms with Gasteiger partial charge < -0.3 is 20.1 Å². The fourth-order valence-corrected chi connectivity index (χ4v) is 4.28. The van der Waals surface area contributed by atoms with E-state index < -0.39 is 29.9 Å². The number of ether oxygens (including phenoxy) is 2. The first-order valence-electron chi connectivity index (χ1n) is 10.8. The van der Waals surface area contributed by atoms with E-state index in [-0.39, 0.29) is 6.10 Å². The molecule has 32 heavy (non-hydrogen) atoms. The zero-order valence-corrected chi connectivity index (χ0v) is 18.4. The maximum absolute atomic E-state index is 13.2. The molecule has 2 aliphatic rings. The van der Waals surface area contributed by atoms with E-state index in [0.29, 0.717) is 35.8 Å². The van der Waals surface area contributed by atoms with Crippen molar-refractivity contribution in [3.05, 3.63) is 53.6 Å². The third-order valence-corrected chi connectivity index (χ3v) is 5.85. The summed E-state index contributed by atoms with van der Waals surface area (Å²) in [6.07, 6.45) is 1.19. The monoisotopic (exact) mass is 437 g/mol. The number of anilines is 1. The van der Waals surface area contributed by atoms with Crippen molar-refractivity contribution in [3.63, 3.8) is 0 Å². The minimum absolute atomic E-state index is 0.0523. The van der Waals surface area contributed by atoms with E-state index in [2.05, 4.69) is 10.6 Å². The first-order chi connectivity index (χ1) is 15.4. The summed E-state index contributed by atoms with van der Waals surface area (Å²) >= 11 is 0. The highest BCUT2D eigenvalue weighted by Gasteiger charge is 2.51. The highest BCUT2D eigenvalue weighted by molar-refractivity contribution is 6.10. The lowest BCUT2D eigenvalue weighted by Gasteiger charge is -2.25. The quantitative estimate of drug-likeness (QED) is 0.649. The molecule has 0 bridgehead atoms. The van der Waals surface area contributed by atoms with E-state index in [4.69, 9.17) is 9.47 Å². The van der Waals surface area contributed by atoms with Gasteiger partial charge in [0.1, 0.15) is 29.7 Å². The molecule has 0 saturated carbocycles. The van der Waals surface area contributed by atoms with Crippen molar-refractivity contribution in [2.45, 2.75) is 45.3 Å². The van der Waals surface area contributed by atoms with Crippen LogP contribution in [0.15, 0.2) is 42.5 Å². The molecule has 1 fully saturated rings. The zero-order valence-electron chi connectivity index (χ0n) is 18.4. The number of carbonyl (C=O) groups is 3. The number of hydrogen-bond donors (Lipinski definition) is 2. The first-order valence-corrected chi connectivity index (χ1v) is 10.8. The largest absolute Gasteiger partial charge is 0.492 e. The van der Waals surface area contributed by atoms with E-state index in [1.807, 2.05) is 45.0 Å². The molecular weight excluding hydrogens is 410 g/mol. The van der Waals surface area contributed by atoms with Crippen LogP contribution in [0.4, 0.5) is 10.5 Å². The van der Waals surface area contributed by atoms with Crippen LogP contribution in [0, 0.1) is 0 Å². The standard InChI is InChI=1S/C24H27N3O5/c1-4-24(17-9-7-6-8-10-17)22(29)27(23(30)26-24)14-21(28)25-18-13-19-16(11-15(3)32-19)12-20(18)31-5-2/h6-10,12-13,15H,4-5,11,14H2,1-3H3,(H,25,28)(H,26,30)/t15-,24+/m0/s1. The molecule has 4 amide bonds. The van der Waals surface area contributed by atoms with Crippen LogP contribution in [0.5, 0.6) is 11.5 Å². The van der Waals surface area contributed by atoms with Gasteiger partial charge in [0.05, 0.1) is 12.3 Å². The van der Waals surface area contributed by atoms with Gasteiger partial charge in [0.2, 0.25) is 5.91 Å². The Labute approximate surface area is 186 Å². The SMILES string of the molecule is CCOc1cc2c(cc1NC(=O)CN1C(=O)N[C@](CC)(c3ccccc3)C1=O)O[C@@H](C)C2. The highest BCUT2D eigenvalue weighted by Crippen LogP contribution is 2.38. The Kier molecular flexibility index (Phi) is 5.78. The molecule has 8 nitrogen and oxygen atoms in total. The predicted octanol–water partition coefficient (Wildman–Crippen LogP) is 3.20. The Morgan fingerprint density at radius 1 is 1.25 bits per heavy atom. The number of amides is 4. The first kappa shape index (κ1) is 21.7. The van der Waals surface area contributed by atoms with E-state index in [9.17, 15) is 14.4 Å². The summed E-state index contributed by atoms with van der Waals surface area (Å²) in [4.78, 5) is 39.7. The Morgan fingerprint density at radius 2 is 2.00 bits per heavy atom. The maximum Gasteiger partial charge on any atom is 0.325 e. The molecule has 8 heteroatoms. The molecule has 2 aliphatic heterocycles. The minimum atomic E-state index is -1.17. The lowest BCUT2D eigenvalue weighted by Crippen LogP contribution is -2.44. The third kappa shape index (κ3) is 3.77. The molecule has 2 atom stereocenters. The summed E-state index contributed by atoms with van der Waals surface area (Å²) < 4.78 is 11.5. The van der Waals surface area contributed by atoms with Gasteiger partial charge in [-0.15, -0.1) is 0 Å². The normalized spacial score (nSPS) is 21.7. The molecule has 1 saturated heterocycles. The minimum Gasteiger partial charge on any atom is -0.492 e. The Morgan fingerprint density at radius 3 is 2.69 bits per heavy atom. The van der Waals surface area contributed by atoms with Gasteiger partial charge in [0.15, 0.2) is 0 Å². The molecule has 4 rings (SSSR count). The van der Waals surface area contributed by atoms with Crippen LogP contribution in [0.2, 0.25) is 0 Å².